The van der Waals surface area contributed by atoms with E-state index >= 15 is 0 Å². The van der Waals surface area contributed by atoms with Gasteiger partial charge in [0.05, 0.1) is 17.4 Å². The molecule has 0 bridgehead atoms. The molecule has 1 unspecified atom stereocenters. The van der Waals surface area contributed by atoms with E-state index in [1.807, 2.05) is 26.2 Å². The predicted molar refractivity (Wildman–Crippen MR) is 69.1 cm³/mol. The molecular formula is C13H17N5. The van der Waals surface area contributed by atoms with Crippen LogP contribution in [0.15, 0.2) is 24.8 Å². The Hall–Kier alpha value is -1.88. The fourth-order valence-electron chi connectivity index (χ4n) is 1.93. The van der Waals surface area contributed by atoms with E-state index in [0.29, 0.717) is 0 Å². The van der Waals surface area contributed by atoms with E-state index < -0.39 is 0 Å². The summed E-state index contributed by atoms with van der Waals surface area (Å²) in [5, 5.41) is 11.7. The van der Waals surface area contributed by atoms with Crippen LogP contribution in [0.4, 0.5) is 0 Å². The summed E-state index contributed by atoms with van der Waals surface area (Å²) < 4.78 is 0. The number of hydrogen-bond acceptors (Lipinski definition) is 5. The lowest BCUT2D eigenvalue weighted by Gasteiger charge is -2.19. The lowest BCUT2D eigenvalue weighted by molar-refractivity contribution is 0.616. The van der Waals surface area contributed by atoms with Gasteiger partial charge in [-0.25, -0.2) is 9.97 Å². The smallest absolute Gasteiger partial charge is 0.115 e. The molecule has 2 aromatic rings. The van der Waals surface area contributed by atoms with Crippen molar-refractivity contribution >= 4 is 0 Å². The highest BCUT2D eigenvalue weighted by atomic mass is 15.1. The summed E-state index contributed by atoms with van der Waals surface area (Å²) in [4.78, 5) is 8.16. The van der Waals surface area contributed by atoms with E-state index in [1.165, 1.54) is 6.33 Å². The van der Waals surface area contributed by atoms with Crippen molar-refractivity contribution in [3.8, 4) is 0 Å². The first kappa shape index (κ1) is 12.6. The summed E-state index contributed by atoms with van der Waals surface area (Å²) >= 11 is 0. The van der Waals surface area contributed by atoms with E-state index in [4.69, 9.17) is 0 Å². The maximum absolute atomic E-state index is 4.18. The SMILES string of the molecule is CCNC(c1cncnc1)c1cc(C)nnc1C. The van der Waals surface area contributed by atoms with Gasteiger partial charge in [-0.15, -0.1) is 0 Å². The third-order valence-corrected chi connectivity index (χ3v) is 2.77. The zero-order valence-corrected chi connectivity index (χ0v) is 10.9. The third-order valence-electron chi connectivity index (χ3n) is 2.77. The highest BCUT2D eigenvalue weighted by molar-refractivity contribution is 5.31. The molecule has 0 radical (unpaired) electrons. The van der Waals surface area contributed by atoms with Gasteiger partial charge in [0.25, 0.3) is 0 Å². The van der Waals surface area contributed by atoms with Gasteiger partial charge in [-0.1, -0.05) is 6.92 Å². The normalized spacial score (nSPS) is 12.4. The molecule has 0 aromatic carbocycles. The van der Waals surface area contributed by atoms with Gasteiger partial charge in [0.15, 0.2) is 0 Å². The molecule has 18 heavy (non-hydrogen) atoms. The van der Waals surface area contributed by atoms with Crippen LogP contribution in [-0.2, 0) is 0 Å². The minimum Gasteiger partial charge on any atom is -0.306 e. The summed E-state index contributed by atoms with van der Waals surface area (Å²) in [6.45, 7) is 6.85. The molecule has 2 aromatic heterocycles. The zero-order chi connectivity index (χ0) is 13.0. The monoisotopic (exact) mass is 243 g/mol. The molecule has 0 aliphatic rings. The molecule has 1 atom stereocenters. The van der Waals surface area contributed by atoms with Crippen LogP contribution in [0.25, 0.3) is 0 Å². The number of hydrogen-bond donors (Lipinski definition) is 1. The second-order valence-corrected chi connectivity index (χ2v) is 4.19. The van der Waals surface area contributed by atoms with Crippen molar-refractivity contribution in [1.82, 2.24) is 25.5 Å². The number of aryl methyl sites for hydroxylation is 2. The van der Waals surface area contributed by atoms with Crippen LogP contribution in [0.1, 0.15) is 35.5 Å². The van der Waals surface area contributed by atoms with Crippen molar-refractivity contribution in [3.63, 3.8) is 0 Å². The number of aromatic nitrogens is 4. The van der Waals surface area contributed by atoms with Crippen molar-refractivity contribution in [1.29, 1.82) is 0 Å². The number of rotatable bonds is 4. The molecule has 2 heterocycles. The lowest BCUT2D eigenvalue weighted by Crippen LogP contribution is -2.23. The molecule has 0 aliphatic heterocycles. The first-order valence-electron chi connectivity index (χ1n) is 6.01. The van der Waals surface area contributed by atoms with E-state index in [-0.39, 0.29) is 6.04 Å². The fraction of sp³-hybridized carbons (Fsp3) is 0.385. The Morgan fingerprint density at radius 3 is 2.56 bits per heavy atom. The molecule has 0 spiro atoms. The largest absolute Gasteiger partial charge is 0.306 e. The lowest BCUT2D eigenvalue weighted by atomic mass is 10.00. The highest BCUT2D eigenvalue weighted by Crippen LogP contribution is 2.22. The summed E-state index contributed by atoms with van der Waals surface area (Å²) in [5.41, 5.74) is 4.00. The Morgan fingerprint density at radius 2 is 1.89 bits per heavy atom. The second kappa shape index (κ2) is 5.64. The standard InChI is InChI=1S/C13H17N5/c1-4-16-13(11-6-14-8-15-7-11)12-5-9(2)17-18-10(12)3/h5-8,13,16H,4H2,1-3H3. The maximum Gasteiger partial charge on any atom is 0.115 e. The van der Waals surface area contributed by atoms with Gasteiger partial charge in [0.1, 0.15) is 6.33 Å². The van der Waals surface area contributed by atoms with Crippen LogP contribution >= 0.6 is 0 Å². The predicted octanol–water partition coefficient (Wildman–Crippen LogP) is 1.58. The van der Waals surface area contributed by atoms with Gasteiger partial charge < -0.3 is 5.32 Å². The quantitative estimate of drug-likeness (QED) is 0.883. The van der Waals surface area contributed by atoms with Gasteiger partial charge in [-0.2, -0.15) is 10.2 Å². The first-order valence-corrected chi connectivity index (χ1v) is 6.01. The maximum atomic E-state index is 4.18. The fourth-order valence-corrected chi connectivity index (χ4v) is 1.93. The molecule has 94 valence electrons. The average Bonchev–Trinajstić information content (AvgIpc) is 2.40. The Bertz CT molecular complexity index is 512. The summed E-state index contributed by atoms with van der Waals surface area (Å²) in [6, 6.07) is 2.12. The summed E-state index contributed by atoms with van der Waals surface area (Å²) in [7, 11) is 0. The molecule has 5 heteroatoms. The van der Waals surface area contributed by atoms with Gasteiger partial charge >= 0.3 is 0 Å². The van der Waals surface area contributed by atoms with Crippen molar-refractivity contribution in [2.45, 2.75) is 26.8 Å². The average molecular weight is 243 g/mol. The van der Waals surface area contributed by atoms with E-state index in [0.717, 1.165) is 29.1 Å². The molecule has 1 N–H and O–H groups in total. The molecule has 0 saturated heterocycles. The van der Waals surface area contributed by atoms with Crippen molar-refractivity contribution in [2.24, 2.45) is 0 Å². The van der Waals surface area contributed by atoms with Crippen LogP contribution in [0.5, 0.6) is 0 Å². The molecule has 0 saturated carbocycles. The topological polar surface area (TPSA) is 63.6 Å². The highest BCUT2D eigenvalue weighted by Gasteiger charge is 2.17. The first-order chi connectivity index (χ1) is 8.72. The van der Waals surface area contributed by atoms with Crippen LogP contribution in [0.3, 0.4) is 0 Å². The Kier molecular flexibility index (Phi) is 3.94. The second-order valence-electron chi connectivity index (χ2n) is 4.19. The van der Waals surface area contributed by atoms with Crippen LogP contribution in [0, 0.1) is 13.8 Å². The van der Waals surface area contributed by atoms with E-state index in [1.54, 1.807) is 0 Å². The summed E-state index contributed by atoms with van der Waals surface area (Å²) in [5.74, 6) is 0. The Labute approximate surface area is 107 Å². The van der Waals surface area contributed by atoms with Crippen molar-refractivity contribution in [3.05, 3.63) is 47.3 Å². The molecular weight excluding hydrogens is 226 g/mol. The van der Waals surface area contributed by atoms with Gasteiger partial charge in [0, 0.05) is 18.0 Å². The van der Waals surface area contributed by atoms with Gasteiger partial charge in [-0.3, -0.25) is 0 Å². The summed E-state index contributed by atoms with van der Waals surface area (Å²) in [6.07, 6.45) is 5.19. The van der Waals surface area contributed by atoms with Gasteiger partial charge in [0.2, 0.25) is 0 Å². The number of nitrogens with zero attached hydrogens (tertiary/aromatic N) is 4. The Morgan fingerprint density at radius 1 is 1.17 bits per heavy atom. The molecule has 0 aliphatic carbocycles. The minimum atomic E-state index is 0.0606. The molecule has 5 nitrogen and oxygen atoms in total. The van der Waals surface area contributed by atoms with Crippen LogP contribution in [0.2, 0.25) is 0 Å². The minimum absolute atomic E-state index is 0.0606. The van der Waals surface area contributed by atoms with Gasteiger partial charge in [-0.05, 0) is 32.0 Å². The molecule has 2 rings (SSSR count). The van der Waals surface area contributed by atoms with Crippen LogP contribution < -0.4 is 5.32 Å². The molecule has 0 fully saturated rings. The third kappa shape index (κ3) is 2.68. The Balaban J connectivity index is 2.44. The van der Waals surface area contributed by atoms with E-state index in [9.17, 15) is 0 Å². The van der Waals surface area contributed by atoms with E-state index in [2.05, 4.69) is 38.5 Å². The van der Waals surface area contributed by atoms with Crippen molar-refractivity contribution in [2.75, 3.05) is 6.54 Å². The zero-order valence-electron chi connectivity index (χ0n) is 10.9. The number of nitrogens with one attached hydrogen (secondary N) is 1. The molecule has 0 amide bonds. The van der Waals surface area contributed by atoms with Crippen LogP contribution in [-0.4, -0.2) is 26.7 Å². The van der Waals surface area contributed by atoms with Crippen molar-refractivity contribution < 1.29 is 0 Å².